The number of benzene rings is 2. The Morgan fingerprint density at radius 3 is 2.33 bits per heavy atom. The predicted molar refractivity (Wildman–Crippen MR) is 126 cm³/mol. The zero-order valence-corrected chi connectivity index (χ0v) is 18.8. The lowest BCUT2D eigenvalue weighted by Crippen LogP contribution is -2.38. The second-order valence-corrected chi connectivity index (χ2v) is 8.11. The van der Waals surface area contributed by atoms with E-state index in [4.69, 9.17) is 9.84 Å². The van der Waals surface area contributed by atoms with Crippen molar-refractivity contribution in [1.29, 1.82) is 0 Å². The van der Waals surface area contributed by atoms with Gasteiger partial charge in [0.15, 0.2) is 0 Å². The second-order valence-electron chi connectivity index (χ2n) is 8.11. The Balaban J connectivity index is 1.69. The summed E-state index contributed by atoms with van der Waals surface area (Å²) in [5, 5.41) is 7.57. The van der Waals surface area contributed by atoms with Crippen molar-refractivity contribution >= 4 is 17.6 Å². The van der Waals surface area contributed by atoms with Gasteiger partial charge in [0.1, 0.15) is 6.04 Å². The first-order valence-electron chi connectivity index (χ1n) is 11.2. The van der Waals surface area contributed by atoms with Gasteiger partial charge >= 0.3 is 5.97 Å². The Bertz CT molecular complexity index is 1220. The van der Waals surface area contributed by atoms with Crippen molar-refractivity contribution in [3.8, 4) is 11.3 Å². The molecule has 33 heavy (non-hydrogen) atoms. The van der Waals surface area contributed by atoms with Crippen LogP contribution < -0.4 is 10.9 Å². The van der Waals surface area contributed by atoms with Crippen LogP contribution in [0.3, 0.4) is 0 Å². The van der Waals surface area contributed by atoms with Gasteiger partial charge in [0.2, 0.25) is 5.91 Å². The van der Waals surface area contributed by atoms with Crippen molar-refractivity contribution in [3.05, 3.63) is 81.6 Å². The maximum Gasteiger partial charge on any atom is 0.337 e. The van der Waals surface area contributed by atoms with Crippen molar-refractivity contribution in [2.75, 3.05) is 12.4 Å². The molecule has 1 aromatic heterocycles. The summed E-state index contributed by atoms with van der Waals surface area (Å²) in [6.07, 6.45) is 3.90. The molecule has 1 atom stereocenters. The normalized spacial score (nSPS) is 13.6. The molecule has 0 spiro atoms. The number of carbonyl (C=O) groups excluding carboxylic acids is 2. The molecule has 0 saturated carbocycles. The topological polar surface area (TPSA) is 90.3 Å². The number of fused-ring (bicyclic) bond motifs is 1. The Labute approximate surface area is 192 Å². The van der Waals surface area contributed by atoms with Gasteiger partial charge in [0, 0.05) is 16.8 Å². The minimum atomic E-state index is -0.757. The number of hydrogen-bond donors (Lipinski definition) is 1. The van der Waals surface area contributed by atoms with Crippen molar-refractivity contribution in [2.45, 2.75) is 45.1 Å². The number of nitrogens with one attached hydrogen (secondary N) is 1. The van der Waals surface area contributed by atoms with E-state index in [0.29, 0.717) is 24.1 Å². The molecule has 2 aromatic carbocycles. The van der Waals surface area contributed by atoms with Gasteiger partial charge in [-0.1, -0.05) is 37.3 Å². The largest absolute Gasteiger partial charge is 0.465 e. The standard InChI is InChI=1S/C26H27N3O4/c1-3-22(24(30)27-19-15-13-18(14-16-19)26(32)33-2)29-25(31)21-12-8-7-11-20(21)23(28-29)17-9-5-4-6-10-17/h4-6,9-10,13-16,22H,3,7-8,11-12H2,1-2H3,(H,27,30)/t22-/m0/s1. The molecule has 1 aliphatic carbocycles. The minimum Gasteiger partial charge on any atom is -0.465 e. The molecule has 0 saturated heterocycles. The summed E-state index contributed by atoms with van der Waals surface area (Å²) in [4.78, 5) is 38.2. The number of ether oxygens (including phenoxy) is 1. The number of amides is 1. The number of nitrogens with zero attached hydrogens (tertiary/aromatic N) is 2. The van der Waals surface area contributed by atoms with Crippen LogP contribution in [0.2, 0.25) is 0 Å². The third-order valence-corrected chi connectivity index (χ3v) is 6.03. The summed E-state index contributed by atoms with van der Waals surface area (Å²) >= 11 is 0. The molecule has 1 N–H and O–H groups in total. The molecule has 1 heterocycles. The van der Waals surface area contributed by atoms with E-state index in [1.165, 1.54) is 11.8 Å². The maximum absolute atomic E-state index is 13.4. The van der Waals surface area contributed by atoms with E-state index in [-0.39, 0.29) is 11.5 Å². The number of anilines is 1. The highest BCUT2D eigenvalue weighted by atomic mass is 16.5. The lowest BCUT2D eigenvalue weighted by atomic mass is 9.89. The van der Waals surface area contributed by atoms with Crippen LogP contribution in [-0.2, 0) is 22.4 Å². The number of methoxy groups -OCH3 is 1. The van der Waals surface area contributed by atoms with Gasteiger partial charge < -0.3 is 10.1 Å². The molecule has 7 nitrogen and oxygen atoms in total. The van der Waals surface area contributed by atoms with Gasteiger partial charge in [-0.05, 0) is 61.9 Å². The maximum atomic E-state index is 13.4. The SMILES string of the molecule is CC[C@@H](C(=O)Nc1ccc(C(=O)OC)cc1)n1nc(-c2ccccc2)c2c(c1=O)CCCC2. The fourth-order valence-corrected chi connectivity index (χ4v) is 4.30. The molecule has 170 valence electrons. The monoisotopic (exact) mass is 445 g/mol. The van der Waals surface area contributed by atoms with E-state index in [1.54, 1.807) is 24.3 Å². The van der Waals surface area contributed by atoms with E-state index in [1.807, 2.05) is 37.3 Å². The Kier molecular flexibility index (Phi) is 6.68. The summed E-state index contributed by atoms with van der Waals surface area (Å²) in [6, 6.07) is 15.5. The van der Waals surface area contributed by atoms with Crippen molar-refractivity contribution in [3.63, 3.8) is 0 Å². The van der Waals surface area contributed by atoms with Gasteiger partial charge in [-0.3, -0.25) is 9.59 Å². The Morgan fingerprint density at radius 1 is 1.03 bits per heavy atom. The van der Waals surface area contributed by atoms with E-state index in [9.17, 15) is 14.4 Å². The number of esters is 1. The molecule has 0 aliphatic heterocycles. The fourth-order valence-electron chi connectivity index (χ4n) is 4.30. The Morgan fingerprint density at radius 2 is 1.70 bits per heavy atom. The summed E-state index contributed by atoms with van der Waals surface area (Å²) in [5.74, 6) is -0.773. The molecular formula is C26H27N3O4. The summed E-state index contributed by atoms with van der Waals surface area (Å²) in [6.45, 7) is 1.86. The summed E-state index contributed by atoms with van der Waals surface area (Å²) in [7, 11) is 1.32. The fraction of sp³-hybridized carbons (Fsp3) is 0.308. The van der Waals surface area contributed by atoms with Crippen LogP contribution in [-0.4, -0.2) is 28.8 Å². The first kappa shape index (κ1) is 22.5. The average molecular weight is 446 g/mol. The third kappa shape index (κ3) is 4.58. The van der Waals surface area contributed by atoms with Crippen LogP contribution in [0.25, 0.3) is 11.3 Å². The molecule has 0 bridgehead atoms. The van der Waals surface area contributed by atoms with Crippen molar-refractivity contribution in [2.24, 2.45) is 0 Å². The van der Waals surface area contributed by atoms with Crippen molar-refractivity contribution in [1.82, 2.24) is 9.78 Å². The van der Waals surface area contributed by atoms with Gasteiger partial charge in [0.05, 0.1) is 18.4 Å². The lowest BCUT2D eigenvalue weighted by molar-refractivity contribution is -0.119. The molecule has 0 fully saturated rings. The van der Waals surface area contributed by atoms with E-state index in [2.05, 4.69) is 5.32 Å². The minimum absolute atomic E-state index is 0.188. The van der Waals surface area contributed by atoms with Crippen LogP contribution >= 0.6 is 0 Å². The molecule has 4 rings (SSSR count). The molecule has 0 radical (unpaired) electrons. The number of aromatic nitrogens is 2. The molecule has 1 amide bonds. The van der Waals surface area contributed by atoms with Crippen LogP contribution in [0.15, 0.2) is 59.4 Å². The summed E-state index contributed by atoms with van der Waals surface area (Å²) < 4.78 is 6.06. The van der Waals surface area contributed by atoms with Crippen LogP contribution in [0.1, 0.15) is 53.7 Å². The average Bonchev–Trinajstić information content (AvgIpc) is 2.86. The second kappa shape index (κ2) is 9.81. The van der Waals surface area contributed by atoms with Crippen LogP contribution in [0.5, 0.6) is 0 Å². The highest BCUT2D eigenvalue weighted by Gasteiger charge is 2.27. The molecule has 3 aromatic rings. The van der Waals surface area contributed by atoms with E-state index < -0.39 is 12.0 Å². The van der Waals surface area contributed by atoms with E-state index in [0.717, 1.165) is 41.6 Å². The molecule has 0 unspecified atom stereocenters. The van der Waals surface area contributed by atoms with Crippen LogP contribution in [0.4, 0.5) is 5.69 Å². The van der Waals surface area contributed by atoms with E-state index >= 15 is 0 Å². The molecular weight excluding hydrogens is 418 g/mol. The molecule has 1 aliphatic rings. The van der Waals surface area contributed by atoms with Gasteiger partial charge in [-0.2, -0.15) is 5.10 Å². The number of rotatable bonds is 6. The highest BCUT2D eigenvalue weighted by molar-refractivity contribution is 5.95. The smallest absolute Gasteiger partial charge is 0.337 e. The zero-order chi connectivity index (χ0) is 23.4. The number of carbonyl (C=O) groups is 2. The first-order valence-corrected chi connectivity index (χ1v) is 11.2. The van der Waals surface area contributed by atoms with Crippen LogP contribution in [0, 0.1) is 0 Å². The van der Waals surface area contributed by atoms with Gasteiger partial charge in [0.25, 0.3) is 5.56 Å². The zero-order valence-electron chi connectivity index (χ0n) is 18.8. The molecule has 7 heteroatoms. The highest BCUT2D eigenvalue weighted by Crippen LogP contribution is 2.29. The summed E-state index contributed by atoms with van der Waals surface area (Å²) in [5.41, 5.74) is 4.22. The first-order chi connectivity index (χ1) is 16.0. The van der Waals surface area contributed by atoms with Gasteiger partial charge in [-0.25, -0.2) is 9.48 Å². The van der Waals surface area contributed by atoms with Gasteiger partial charge in [-0.15, -0.1) is 0 Å². The van der Waals surface area contributed by atoms with Crippen molar-refractivity contribution < 1.29 is 14.3 Å². The quantitative estimate of drug-likeness (QED) is 0.575. The third-order valence-electron chi connectivity index (χ3n) is 6.03. The predicted octanol–water partition coefficient (Wildman–Crippen LogP) is 4.17. The number of hydrogen-bond acceptors (Lipinski definition) is 5. The lowest BCUT2D eigenvalue weighted by Gasteiger charge is -2.23. The Hall–Kier alpha value is -3.74.